The molecule has 0 heterocycles. The second-order valence-electron chi connectivity index (χ2n) is 5.14. The highest BCUT2D eigenvalue weighted by atomic mass is 16.5. The summed E-state index contributed by atoms with van der Waals surface area (Å²) in [5.74, 6) is -0.112. The third kappa shape index (κ3) is 3.99. The van der Waals surface area contributed by atoms with Crippen molar-refractivity contribution < 1.29 is 9.53 Å². The normalized spacial score (nSPS) is 20.5. The van der Waals surface area contributed by atoms with E-state index >= 15 is 0 Å². The molecule has 0 aromatic rings. The molecule has 1 rings (SSSR count). The molecule has 4 heteroatoms. The molecule has 0 aromatic carbocycles. The first-order valence-electron chi connectivity index (χ1n) is 6.94. The Balaban J connectivity index is 2.58. The molecular formula is C14H24N2O2. The van der Waals surface area contributed by atoms with Gasteiger partial charge in [0.1, 0.15) is 5.41 Å². The summed E-state index contributed by atoms with van der Waals surface area (Å²) >= 11 is 0. The lowest BCUT2D eigenvalue weighted by Gasteiger charge is -2.25. The number of hydrogen-bond acceptors (Lipinski definition) is 3. The number of hydrogen-bond donors (Lipinski definition) is 1. The van der Waals surface area contributed by atoms with Crippen LogP contribution in [0.4, 0.5) is 0 Å². The standard InChI is InChI=1S/C14H24N2O2/c1-3-18-10-12(2)16-13(17)14(11-15)8-6-4-5-7-9-14/h12H,3-10H2,1-2H3,(H,16,17). The molecule has 0 saturated heterocycles. The van der Waals surface area contributed by atoms with Gasteiger partial charge in [-0.25, -0.2) is 0 Å². The van der Waals surface area contributed by atoms with E-state index in [1.807, 2.05) is 13.8 Å². The second-order valence-corrected chi connectivity index (χ2v) is 5.14. The van der Waals surface area contributed by atoms with Crippen LogP contribution < -0.4 is 5.32 Å². The van der Waals surface area contributed by atoms with Crippen molar-refractivity contribution in [3.05, 3.63) is 0 Å². The summed E-state index contributed by atoms with van der Waals surface area (Å²) < 4.78 is 5.28. The molecule has 1 saturated carbocycles. The number of amides is 1. The first-order valence-corrected chi connectivity index (χ1v) is 6.94. The molecule has 0 aliphatic heterocycles. The van der Waals surface area contributed by atoms with Crippen LogP contribution in [0.2, 0.25) is 0 Å². The van der Waals surface area contributed by atoms with Crippen molar-refractivity contribution in [2.45, 2.75) is 58.4 Å². The Morgan fingerprint density at radius 1 is 1.39 bits per heavy atom. The average Bonchev–Trinajstić information content (AvgIpc) is 2.62. The quantitative estimate of drug-likeness (QED) is 0.764. The highest BCUT2D eigenvalue weighted by molar-refractivity contribution is 5.85. The second kappa shape index (κ2) is 7.38. The van der Waals surface area contributed by atoms with Crippen LogP contribution in [0.3, 0.4) is 0 Å². The number of nitrogens with zero attached hydrogens (tertiary/aromatic N) is 1. The number of carbonyl (C=O) groups is 1. The highest BCUT2D eigenvalue weighted by Crippen LogP contribution is 2.34. The first-order chi connectivity index (χ1) is 8.64. The van der Waals surface area contributed by atoms with Crippen LogP contribution in [0.15, 0.2) is 0 Å². The summed E-state index contributed by atoms with van der Waals surface area (Å²) in [4.78, 5) is 12.3. The zero-order valence-electron chi connectivity index (χ0n) is 11.5. The number of nitrogens with one attached hydrogen (secondary N) is 1. The maximum atomic E-state index is 12.3. The smallest absolute Gasteiger partial charge is 0.240 e. The van der Waals surface area contributed by atoms with E-state index < -0.39 is 5.41 Å². The summed E-state index contributed by atoms with van der Waals surface area (Å²) in [6.45, 7) is 4.99. The molecular weight excluding hydrogens is 228 g/mol. The van der Waals surface area contributed by atoms with Crippen molar-refractivity contribution in [2.75, 3.05) is 13.2 Å². The van der Waals surface area contributed by atoms with Crippen molar-refractivity contribution in [3.8, 4) is 6.07 Å². The fraction of sp³-hybridized carbons (Fsp3) is 0.857. The number of ether oxygens (including phenoxy) is 1. The molecule has 4 nitrogen and oxygen atoms in total. The Morgan fingerprint density at radius 2 is 2.00 bits per heavy atom. The highest BCUT2D eigenvalue weighted by Gasteiger charge is 2.39. The maximum Gasteiger partial charge on any atom is 0.240 e. The SMILES string of the molecule is CCOCC(C)NC(=O)C1(C#N)CCCCCC1. The number of nitriles is 1. The third-order valence-electron chi connectivity index (χ3n) is 3.56. The predicted octanol–water partition coefficient (Wildman–Crippen LogP) is 2.39. The van der Waals surface area contributed by atoms with Gasteiger partial charge in [-0.05, 0) is 26.7 Å². The first kappa shape index (κ1) is 15.0. The molecule has 1 atom stereocenters. The lowest BCUT2D eigenvalue weighted by molar-refractivity contribution is -0.129. The van der Waals surface area contributed by atoms with Gasteiger partial charge < -0.3 is 10.1 Å². The number of carbonyl (C=O) groups excluding carboxylic acids is 1. The lowest BCUT2D eigenvalue weighted by atomic mass is 9.81. The van der Waals surface area contributed by atoms with Gasteiger partial charge in [0.15, 0.2) is 0 Å². The summed E-state index contributed by atoms with van der Waals surface area (Å²) in [6.07, 6.45) is 5.59. The van der Waals surface area contributed by atoms with Gasteiger partial charge in [0, 0.05) is 12.6 Å². The van der Waals surface area contributed by atoms with E-state index in [2.05, 4.69) is 11.4 Å². The van der Waals surface area contributed by atoms with E-state index in [1.165, 1.54) is 0 Å². The third-order valence-corrected chi connectivity index (χ3v) is 3.56. The zero-order chi connectivity index (χ0) is 13.4. The molecule has 1 N–H and O–H groups in total. The van der Waals surface area contributed by atoms with Crippen LogP contribution in [-0.2, 0) is 9.53 Å². The minimum absolute atomic E-state index is 0.0362. The fourth-order valence-electron chi connectivity index (χ4n) is 2.42. The van der Waals surface area contributed by atoms with Crippen LogP contribution in [0, 0.1) is 16.7 Å². The Labute approximate surface area is 110 Å². The number of rotatable bonds is 5. The molecule has 0 aromatic heterocycles. The summed E-state index contributed by atoms with van der Waals surface area (Å²) in [7, 11) is 0. The average molecular weight is 252 g/mol. The Hall–Kier alpha value is -1.08. The van der Waals surface area contributed by atoms with E-state index in [1.54, 1.807) is 0 Å². The van der Waals surface area contributed by atoms with Crippen molar-refractivity contribution in [2.24, 2.45) is 5.41 Å². The minimum atomic E-state index is -0.809. The maximum absolute atomic E-state index is 12.3. The van der Waals surface area contributed by atoms with Crippen LogP contribution >= 0.6 is 0 Å². The molecule has 1 aliphatic carbocycles. The summed E-state index contributed by atoms with van der Waals surface area (Å²) in [5.41, 5.74) is -0.809. The van der Waals surface area contributed by atoms with Crippen LogP contribution in [0.25, 0.3) is 0 Å². The van der Waals surface area contributed by atoms with E-state index in [-0.39, 0.29) is 11.9 Å². The topological polar surface area (TPSA) is 62.1 Å². The Morgan fingerprint density at radius 3 is 2.50 bits per heavy atom. The van der Waals surface area contributed by atoms with Gasteiger partial charge in [-0.1, -0.05) is 25.7 Å². The fourth-order valence-corrected chi connectivity index (χ4v) is 2.42. The van der Waals surface area contributed by atoms with E-state index in [9.17, 15) is 10.1 Å². The van der Waals surface area contributed by atoms with Crippen molar-refractivity contribution in [3.63, 3.8) is 0 Å². The molecule has 0 bridgehead atoms. The van der Waals surface area contributed by atoms with Gasteiger partial charge in [-0.2, -0.15) is 5.26 Å². The summed E-state index contributed by atoms with van der Waals surface area (Å²) in [5, 5.41) is 12.3. The molecule has 1 fully saturated rings. The molecule has 18 heavy (non-hydrogen) atoms. The van der Waals surface area contributed by atoms with Crippen molar-refractivity contribution >= 4 is 5.91 Å². The van der Waals surface area contributed by atoms with E-state index in [0.29, 0.717) is 26.1 Å². The van der Waals surface area contributed by atoms with Gasteiger partial charge >= 0.3 is 0 Å². The summed E-state index contributed by atoms with van der Waals surface area (Å²) in [6, 6.07) is 2.23. The predicted molar refractivity (Wildman–Crippen MR) is 69.8 cm³/mol. The molecule has 0 radical (unpaired) electrons. The molecule has 1 aliphatic rings. The van der Waals surface area contributed by atoms with Crippen LogP contribution in [0.1, 0.15) is 52.4 Å². The van der Waals surface area contributed by atoms with Gasteiger partial charge in [0.25, 0.3) is 0 Å². The van der Waals surface area contributed by atoms with Gasteiger partial charge in [-0.15, -0.1) is 0 Å². The largest absolute Gasteiger partial charge is 0.380 e. The zero-order valence-corrected chi connectivity index (χ0v) is 11.5. The van der Waals surface area contributed by atoms with Gasteiger partial charge in [0.2, 0.25) is 5.91 Å². The molecule has 102 valence electrons. The Bertz CT molecular complexity index is 301. The van der Waals surface area contributed by atoms with Crippen LogP contribution in [0.5, 0.6) is 0 Å². The van der Waals surface area contributed by atoms with Gasteiger partial charge in [0.05, 0.1) is 12.7 Å². The molecule has 1 unspecified atom stereocenters. The van der Waals surface area contributed by atoms with E-state index in [0.717, 1.165) is 25.7 Å². The van der Waals surface area contributed by atoms with Gasteiger partial charge in [-0.3, -0.25) is 4.79 Å². The Kier molecular flexibility index (Phi) is 6.14. The lowest BCUT2D eigenvalue weighted by Crippen LogP contribution is -2.45. The molecule has 0 spiro atoms. The van der Waals surface area contributed by atoms with Crippen LogP contribution in [-0.4, -0.2) is 25.2 Å². The van der Waals surface area contributed by atoms with Crippen molar-refractivity contribution in [1.29, 1.82) is 5.26 Å². The monoisotopic (exact) mass is 252 g/mol. The minimum Gasteiger partial charge on any atom is -0.380 e. The van der Waals surface area contributed by atoms with E-state index in [4.69, 9.17) is 4.74 Å². The molecule has 1 amide bonds. The van der Waals surface area contributed by atoms with Crippen molar-refractivity contribution in [1.82, 2.24) is 5.32 Å².